The van der Waals surface area contributed by atoms with Crippen LogP contribution in [0.25, 0.3) is 22.5 Å². The van der Waals surface area contributed by atoms with Gasteiger partial charge in [0.15, 0.2) is 0 Å². The van der Waals surface area contributed by atoms with Crippen LogP contribution in [0.3, 0.4) is 0 Å². The minimum absolute atomic E-state index is 0. The summed E-state index contributed by atoms with van der Waals surface area (Å²) in [5.74, 6) is -0.603. The van der Waals surface area contributed by atoms with Crippen molar-refractivity contribution >= 4 is 94.0 Å². The highest BCUT2D eigenvalue weighted by molar-refractivity contribution is 6.29. The third kappa shape index (κ3) is 27.7. The average molecular weight is 1940 g/mol. The number of nitrogens with one attached hydrogen (secondary N) is 1. The predicted octanol–water partition coefficient (Wildman–Crippen LogP) is 19.3. The van der Waals surface area contributed by atoms with Gasteiger partial charge in [0.2, 0.25) is 11.7 Å². The highest BCUT2D eigenvalue weighted by Gasteiger charge is 2.45. The SMILES string of the molecule is C.CC(C)(C)OC(=O)N1Cc2cnc(Cl)cc2C1.CC(C)(C)OC(=O)N1Cc2cnc(N3CCC3)cc2C1.CO.Clc1cc2c(cn1)CNC2.O=C(Cc1nc(-c2ccc(F)cc2)ccc1[N+](=O)[O-])N1Cc2cnc(N3CCC3)cc2C1.O=C(N1Cc2cnc(N3CCC3)cc2C1)C(F)(F)F.O=C(Oc1ccccc1)N(C(=O)Oc1ccccc1)c1nc(-c2ccc(F)cc2)ccc1[N+](=O)[O-].[2H]CC. The Hall–Kier alpha value is -14.5. The van der Waals surface area contributed by atoms with E-state index >= 15 is 0 Å². The molecule has 0 unspecified atom stereocenters. The van der Waals surface area contributed by atoms with Crippen molar-refractivity contribution in [1.82, 2.24) is 59.8 Å². The van der Waals surface area contributed by atoms with Crippen LogP contribution in [0.1, 0.15) is 145 Å². The summed E-state index contributed by atoms with van der Waals surface area (Å²) < 4.78 is 91.2. The maximum Gasteiger partial charge on any atom is 0.471 e. The van der Waals surface area contributed by atoms with Crippen molar-refractivity contribution < 1.29 is 86.0 Å². The fraction of sp³-hybridized carbons (Fsp3) is 0.337. The van der Waals surface area contributed by atoms with Gasteiger partial charge in [0, 0.05) is 154 Å². The summed E-state index contributed by atoms with van der Waals surface area (Å²) in [6.07, 6.45) is 4.23. The number of hydrogen-bond acceptors (Lipinski definition) is 26. The van der Waals surface area contributed by atoms with Gasteiger partial charge in [-0.25, -0.2) is 62.8 Å². The molecule has 8 aliphatic heterocycles. The number of pyridine rings is 7. The first kappa shape index (κ1) is 102. The average Bonchev–Trinajstić information content (AvgIpc) is 1.40. The van der Waals surface area contributed by atoms with E-state index in [4.69, 9.17) is 48.6 Å². The molecule has 19 rings (SSSR count). The molecule has 0 aliphatic carbocycles. The molecule has 0 spiro atoms. The lowest BCUT2D eigenvalue weighted by molar-refractivity contribution is -0.385. The van der Waals surface area contributed by atoms with Crippen LogP contribution in [0.4, 0.5) is 75.8 Å². The summed E-state index contributed by atoms with van der Waals surface area (Å²) >= 11 is 11.5. The highest BCUT2D eigenvalue weighted by Crippen LogP contribution is 2.37. The molecular formula is C98H105Cl2F5N18O15. The van der Waals surface area contributed by atoms with Crippen molar-refractivity contribution in [1.29, 1.82) is 0 Å². The lowest BCUT2D eigenvalue weighted by atomic mass is 10.1. The summed E-state index contributed by atoms with van der Waals surface area (Å²) in [7, 11) is 1.00. The van der Waals surface area contributed by atoms with Crippen molar-refractivity contribution in [3.63, 3.8) is 0 Å². The summed E-state index contributed by atoms with van der Waals surface area (Å²) in [4.78, 5) is 139. The molecule has 2 N–H and O–H groups in total. The van der Waals surface area contributed by atoms with Crippen LogP contribution >= 0.6 is 23.2 Å². The Morgan fingerprint density at radius 2 is 0.819 bits per heavy atom. The van der Waals surface area contributed by atoms with Gasteiger partial charge >= 0.3 is 42.1 Å². The van der Waals surface area contributed by atoms with E-state index in [2.05, 4.69) is 61.0 Å². The number of aliphatic hydroxyl groups excluding tert-OH is 1. The van der Waals surface area contributed by atoms with Gasteiger partial charge in [0.25, 0.3) is 5.69 Å². The van der Waals surface area contributed by atoms with Crippen LogP contribution in [0.2, 0.25) is 10.3 Å². The number of aliphatic hydroxyl groups is 1. The van der Waals surface area contributed by atoms with Crippen LogP contribution in [-0.2, 0) is 90.9 Å². The number of carbonyl (C=O) groups excluding carboxylic acids is 6. The van der Waals surface area contributed by atoms with E-state index in [1.54, 1.807) is 94.7 Å². The maximum atomic E-state index is 13.4. The second kappa shape index (κ2) is 46.8. The van der Waals surface area contributed by atoms with E-state index in [1.807, 2.05) is 72.3 Å². The Kier molecular flexibility index (Phi) is 34.8. The summed E-state index contributed by atoms with van der Waals surface area (Å²) in [5, 5.41) is 34.5. The number of carbonyl (C=O) groups is 6. The molecule has 6 amide bonds. The zero-order valence-electron chi connectivity index (χ0n) is 77.2. The quantitative estimate of drug-likeness (QED) is 0.0496. The second-order valence-corrected chi connectivity index (χ2v) is 34.6. The molecule has 8 aliphatic rings. The third-order valence-corrected chi connectivity index (χ3v) is 22.2. The molecule has 138 heavy (non-hydrogen) atoms. The molecule has 726 valence electrons. The Morgan fingerprint density at radius 1 is 0.471 bits per heavy atom. The molecule has 40 heteroatoms. The lowest BCUT2D eigenvalue weighted by Crippen LogP contribution is -2.42. The summed E-state index contributed by atoms with van der Waals surface area (Å²) in [6.45, 7) is 24.5. The van der Waals surface area contributed by atoms with Crippen molar-refractivity contribution in [2.75, 3.05) is 66.0 Å². The van der Waals surface area contributed by atoms with Crippen LogP contribution in [0.15, 0.2) is 195 Å². The molecule has 7 aromatic heterocycles. The van der Waals surface area contributed by atoms with Gasteiger partial charge < -0.3 is 53.9 Å². The number of halogens is 7. The standard InChI is InChI=1S/C25H16FN3O6.C23H20FN5O3.C15H21N3O2.C12H15ClN2O2.C12H12F3N3O.C7H7ClN2.C2H6.CH4O.CH4/c26-18-13-11-17(12-14-18)21-15-16-22(29(32)33)23(27-21)28(24(30)34-19-7-3-1-4-8-19)25(31)35-20-9-5-2-6-10-20;24-18-4-2-15(3-5-18)19-6-7-21(29(31)32)20(26-19)11-23(30)28-13-16-10-22(27-8-1-9-27)25-12-17(16)14-28;1-15(2,3)20-14(19)18-9-11-7-13(17-5-4-6-17)16-8-12(11)10-18;1-12(2,3)17-11(16)15-6-8-4-10(13)14-5-9(8)7-15;13-12(14,15)11(19)18-6-8-4-10(17-2-1-3-17)16-5-9(8)7-18;8-7-1-5-2-9-3-6(5)4-10-7;2*1-2;/h1-16H;2-7,10,12H,1,8-9,11,13-14H2;7-8H,4-6,9-10H2,1-3H3;4-5H,6-7H2,1-3H3;4-5H,1-3,6-7H2;1,4,9H,2-3H2;1-2H3;2H,1H3;1H4/i;;;;;;1D;;. The minimum Gasteiger partial charge on any atom is -0.444 e. The molecule has 11 aromatic rings. The normalized spacial score (nSPS) is 14.2. The minimum atomic E-state index is -4.81. The van der Waals surface area contributed by atoms with Crippen molar-refractivity contribution in [2.24, 2.45) is 0 Å². The fourth-order valence-electron chi connectivity index (χ4n) is 14.7. The molecule has 4 aromatic carbocycles. The number of fused-ring (bicyclic) bond motifs is 5. The number of alkyl halides is 3. The molecule has 3 saturated heterocycles. The third-order valence-electron chi connectivity index (χ3n) is 21.8. The van der Waals surface area contributed by atoms with Crippen LogP contribution < -0.4 is 34.4 Å². The van der Waals surface area contributed by atoms with Crippen LogP contribution in [-0.4, -0.2) is 169 Å². The van der Waals surface area contributed by atoms with E-state index < -0.39 is 62.6 Å². The number of rotatable bonds is 12. The zero-order valence-corrected chi connectivity index (χ0v) is 77.7. The van der Waals surface area contributed by atoms with Gasteiger partial charge in [-0.2, -0.15) is 18.1 Å². The zero-order chi connectivity index (χ0) is 99.3. The summed E-state index contributed by atoms with van der Waals surface area (Å²) in [6, 6.07) is 41.4. The monoisotopic (exact) mass is 1940 g/mol. The highest BCUT2D eigenvalue weighted by atomic mass is 35.5. The molecule has 15 heterocycles. The maximum absolute atomic E-state index is 13.4. The fourth-order valence-corrected chi connectivity index (χ4v) is 15.0. The topological polar surface area (TPSA) is 374 Å². The molecule has 0 bridgehead atoms. The van der Waals surface area contributed by atoms with E-state index in [-0.39, 0.29) is 79.4 Å². The van der Waals surface area contributed by atoms with Gasteiger partial charge in [-0.1, -0.05) is 80.9 Å². The summed E-state index contributed by atoms with van der Waals surface area (Å²) in [5.41, 5.74) is 10.4. The number of imide groups is 1. The number of hydrogen-bond donors (Lipinski definition) is 2. The van der Waals surface area contributed by atoms with Gasteiger partial charge in [-0.05, 0) is 232 Å². The Labute approximate surface area is 805 Å². The van der Waals surface area contributed by atoms with E-state index in [9.17, 15) is 70.9 Å². The van der Waals surface area contributed by atoms with Gasteiger partial charge in [0.1, 0.15) is 67.8 Å². The number of anilines is 4. The molecule has 0 saturated carbocycles. The largest absolute Gasteiger partial charge is 0.471 e. The van der Waals surface area contributed by atoms with Gasteiger partial charge in [-0.3, -0.25) is 39.6 Å². The molecule has 3 fully saturated rings. The Balaban J connectivity index is 0.000000163. The Morgan fingerprint density at radius 3 is 1.22 bits per heavy atom. The first-order chi connectivity index (χ1) is 65.9. The van der Waals surface area contributed by atoms with Crippen LogP contribution in [0.5, 0.6) is 11.5 Å². The van der Waals surface area contributed by atoms with Crippen LogP contribution in [0, 0.1) is 31.9 Å². The van der Waals surface area contributed by atoms with E-state index in [1.165, 1.54) is 102 Å². The lowest BCUT2D eigenvalue weighted by Gasteiger charge is -2.32. The number of nitrogens with zero attached hydrogens (tertiary/aromatic N) is 17. The van der Waals surface area contributed by atoms with Gasteiger partial charge in [-0.15, -0.1) is 0 Å². The molecule has 0 atom stereocenters. The second-order valence-electron chi connectivity index (χ2n) is 33.8. The molecular weight excluding hydrogens is 1840 g/mol. The number of para-hydroxylation sites is 2. The predicted molar refractivity (Wildman–Crippen MR) is 508 cm³/mol. The van der Waals surface area contributed by atoms with Crippen molar-refractivity contribution in [3.8, 4) is 34.0 Å². The number of aromatic nitrogens is 7. The van der Waals surface area contributed by atoms with Crippen molar-refractivity contribution in [2.45, 2.75) is 171 Å². The van der Waals surface area contributed by atoms with Crippen molar-refractivity contribution in [3.05, 3.63) is 298 Å². The Bertz CT molecular complexity index is 6140. The number of benzene rings is 4. The van der Waals surface area contributed by atoms with E-state index in [0.29, 0.717) is 83.8 Å². The van der Waals surface area contributed by atoms with Gasteiger partial charge in [0.05, 0.1) is 40.7 Å². The molecule has 0 radical (unpaired) electrons. The number of ether oxygens (including phenoxy) is 4. The molecule has 33 nitrogen and oxygen atoms in total. The number of amides is 6. The first-order valence-corrected chi connectivity index (χ1v) is 44.3. The van der Waals surface area contributed by atoms with E-state index in [0.717, 1.165) is 134 Å². The number of nitro groups is 2. The smallest absolute Gasteiger partial charge is 0.444 e. The first-order valence-electron chi connectivity index (χ1n) is 44.3.